The van der Waals surface area contributed by atoms with Gasteiger partial charge in [0.2, 0.25) is 5.91 Å². The van der Waals surface area contributed by atoms with E-state index in [1.54, 1.807) is 0 Å². The number of hydrogen-bond donors (Lipinski definition) is 2. The lowest BCUT2D eigenvalue weighted by atomic mass is 9.66. The van der Waals surface area contributed by atoms with Gasteiger partial charge >= 0.3 is 0 Å². The molecule has 104 valence electrons. The van der Waals surface area contributed by atoms with Crippen molar-refractivity contribution in [2.45, 2.75) is 44.8 Å². The second kappa shape index (κ2) is 5.55. The minimum Gasteiger partial charge on any atom is -0.394 e. The molecule has 18 heavy (non-hydrogen) atoms. The van der Waals surface area contributed by atoms with Gasteiger partial charge in [-0.1, -0.05) is 6.42 Å². The number of aliphatic hydroxyl groups is 1. The molecule has 1 aliphatic carbocycles. The summed E-state index contributed by atoms with van der Waals surface area (Å²) < 4.78 is 5.45. The Kier molecular flexibility index (Phi) is 4.25. The van der Waals surface area contributed by atoms with Crippen LogP contribution in [0.3, 0.4) is 0 Å². The minimum atomic E-state index is -0.236. The van der Waals surface area contributed by atoms with Crippen molar-refractivity contribution in [3.05, 3.63) is 0 Å². The highest BCUT2D eigenvalue weighted by atomic mass is 16.5. The molecule has 1 aliphatic heterocycles. The number of aliphatic hydroxyl groups excluding tert-OH is 1. The molecule has 1 saturated carbocycles. The van der Waals surface area contributed by atoms with Gasteiger partial charge in [-0.15, -0.1) is 0 Å². The van der Waals surface area contributed by atoms with Crippen LogP contribution in [0.25, 0.3) is 0 Å². The van der Waals surface area contributed by atoms with Crippen LogP contribution >= 0.6 is 0 Å². The molecule has 1 saturated heterocycles. The third kappa shape index (κ3) is 2.68. The highest BCUT2D eigenvalue weighted by Gasteiger charge is 2.40. The zero-order valence-electron chi connectivity index (χ0n) is 11.1. The van der Waals surface area contributed by atoms with Crippen LogP contribution in [0.2, 0.25) is 0 Å². The molecule has 5 heteroatoms. The van der Waals surface area contributed by atoms with Crippen LogP contribution in [-0.4, -0.2) is 54.4 Å². The van der Waals surface area contributed by atoms with Crippen LogP contribution < -0.4 is 5.73 Å². The van der Waals surface area contributed by atoms with Gasteiger partial charge in [-0.2, -0.15) is 0 Å². The van der Waals surface area contributed by atoms with Crippen LogP contribution in [-0.2, 0) is 9.53 Å². The second-order valence-electron chi connectivity index (χ2n) is 5.77. The van der Waals surface area contributed by atoms with Crippen molar-refractivity contribution >= 4 is 5.91 Å². The Balaban J connectivity index is 1.94. The summed E-state index contributed by atoms with van der Waals surface area (Å²) in [5.41, 5.74) is 5.84. The van der Waals surface area contributed by atoms with Crippen molar-refractivity contribution < 1.29 is 14.6 Å². The summed E-state index contributed by atoms with van der Waals surface area (Å²) in [6.07, 6.45) is 3.63. The van der Waals surface area contributed by atoms with Crippen molar-refractivity contribution in [1.29, 1.82) is 0 Å². The number of rotatable bonds is 4. The average Bonchev–Trinajstić information content (AvgIpc) is 2.34. The Morgan fingerprint density at radius 3 is 2.78 bits per heavy atom. The summed E-state index contributed by atoms with van der Waals surface area (Å²) >= 11 is 0. The van der Waals surface area contributed by atoms with E-state index in [9.17, 15) is 4.79 Å². The first kappa shape index (κ1) is 13.8. The molecule has 0 spiro atoms. The molecule has 2 aliphatic rings. The Hall–Kier alpha value is -0.650. The van der Waals surface area contributed by atoms with Crippen LogP contribution in [0.15, 0.2) is 0 Å². The van der Waals surface area contributed by atoms with E-state index in [-0.39, 0.29) is 30.1 Å². The monoisotopic (exact) mass is 256 g/mol. The topological polar surface area (TPSA) is 75.8 Å². The fourth-order valence-electron chi connectivity index (χ4n) is 2.83. The minimum absolute atomic E-state index is 0.0292. The second-order valence-corrected chi connectivity index (χ2v) is 5.77. The summed E-state index contributed by atoms with van der Waals surface area (Å²) in [6.45, 7) is 3.56. The maximum Gasteiger partial charge on any atom is 0.223 e. The Morgan fingerprint density at radius 1 is 1.56 bits per heavy atom. The largest absolute Gasteiger partial charge is 0.394 e. The predicted octanol–water partition coefficient (Wildman–Crippen LogP) is 0.114. The maximum atomic E-state index is 12.4. The zero-order valence-corrected chi connectivity index (χ0v) is 11.1. The normalized spacial score (nSPS) is 30.9. The number of ether oxygens (including phenoxy) is 1. The van der Waals surface area contributed by atoms with E-state index >= 15 is 0 Å². The van der Waals surface area contributed by atoms with E-state index in [1.165, 1.54) is 6.42 Å². The summed E-state index contributed by atoms with van der Waals surface area (Å²) in [4.78, 5) is 14.2. The molecule has 3 N–H and O–H groups in total. The molecule has 2 rings (SSSR count). The summed E-state index contributed by atoms with van der Waals surface area (Å²) in [7, 11) is 0. The lowest BCUT2D eigenvalue weighted by Crippen LogP contribution is -2.54. The molecule has 1 heterocycles. The highest BCUT2D eigenvalue weighted by molar-refractivity contribution is 5.77. The lowest BCUT2D eigenvalue weighted by molar-refractivity contribution is -0.149. The Bertz CT molecular complexity index is 299. The van der Waals surface area contributed by atoms with E-state index in [4.69, 9.17) is 15.6 Å². The number of nitrogens with zero attached hydrogens (tertiary/aromatic N) is 1. The quantitative estimate of drug-likeness (QED) is 0.749. The van der Waals surface area contributed by atoms with Crippen LogP contribution in [0.1, 0.15) is 32.6 Å². The van der Waals surface area contributed by atoms with E-state index in [2.05, 4.69) is 0 Å². The van der Waals surface area contributed by atoms with Gasteiger partial charge in [0.05, 0.1) is 25.4 Å². The number of hydrogen-bond acceptors (Lipinski definition) is 4. The number of morpholine rings is 1. The van der Waals surface area contributed by atoms with E-state index in [1.807, 2.05) is 11.8 Å². The first-order valence-corrected chi connectivity index (χ1v) is 6.82. The Morgan fingerprint density at radius 2 is 2.28 bits per heavy atom. The van der Waals surface area contributed by atoms with Gasteiger partial charge in [0.25, 0.3) is 0 Å². The molecule has 0 aromatic rings. The molecule has 0 radical (unpaired) electrons. The summed E-state index contributed by atoms with van der Waals surface area (Å²) in [5.74, 6) is 0.161. The third-order valence-corrected chi connectivity index (χ3v) is 4.40. The molecule has 1 amide bonds. The molecule has 2 atom stereocenters. The molecule has 2 unspecified atom stereocenters. The van der Waals surface area contributed by atoms with Gasteiger partial charge in [-0.25, -0.2) is 0 Å². The highest BCUT2D eigenvalue weighted by Crippen LogP contribution is 2.43. The van der Waals surface area contributed by atoms with Crippen LogP contribution in [0.4, 0.5) is 0 Å². The fraction of sp³-hybridized carbons (Fsp3) is 0.923. The van der Waals surface area contributed by atoms with Gasteiger partial charge in [-0.05, 0) is 31.7 Å². The molecule has 0 aromatic carbocycles. The van der Waals surface area contributed by atoms with Gasteiger partial charge in [-0.3, -0.25) is 4.79 Å². The molecule has 5 nitrogen and oxygen atoms in total. The fourth-order valence-corrected chi connectivity index (χ4v) is 2.83. The number of amides is 1. The first-order valence-electron chi connectivity index (χ1n) is 6.82. The smallest absolute Gasteiger partial charge is 0.223 e. The molecular formula is C13H24N2O3. The number of carbonyl (C=O) groups is 1. The lowest BCUT2D eigenvalue weighted by Gasteiger charge is -2.44. The van der Waals surface area contributed by atoms with Crippen LogP contribution in [0.5, 0.6) is 0 Å². The SMILES string of the molecule is CC1COC(CO)CN1C(=O)CC1(CN)CCC1. The van der Waals surface area contributed by atoms with Crippen molar-refractivity contribution in [2.75, 3.05) is 26.3 Å². The maximum absolute atomic E-state index is 12.4. The number of carbonyl (C=O) groups excluding carboxylic acids is 1. The van der Waals surface area contributed by atoms with Gasteiger partial charge in [0.15, 0.2) is 0 Å². The van der Waals surface area contributed by atoms with Crippen LogP contribution in [0, 0.1) is 5.41 Å². The van der Waals surface area contributed by atoms with Crippen molar-refractivity contribution in [3.63, 3.8) is 0 Å². The first-order chi connectivity index (χ1) is 8.60. The average molecular weight is 256 g/mol. The standard InChI is InChI=1S/C13H24N2O3/c1-10-8-18-11(7-16)6-15(10)12(17)5-13(9-14)3-2-4-13/h10-11,16H,2-9,14H2,1H3. The van der Waals surface area contributed by atoms with Crippen molar-refractivity contribution in [2.24, 2.45) is 11.1 Å². The third-order valence-electron chi connectivity index (χ3n) is 4.40. The molecule has 2 fully saturated rings. The zero-order chi connectivity index (χ0) is 13.2. The Labute approximate surface area is 108 Å². The van der Waals surface area contributed by atoms with Gasteiger partial charge in [0.1, 0.15) is 0 Å². The van der Waals surface area contributed by atoms with Crippen molar-refractivity contribution in [3.8, 4) is 0 Å². The number of nitrogens with two attached hydrogens (primary N) is 1. The van der Waals surface area contributed by atoms with Gasteiger partial charge in [0, 0.05) is 13.0 Å². The molecule has 0 bridgehead atoms. The molecule has 0 aromatic heterocycles. The van der Waals surface area contributed by atoms with E-state index < -0.39 is 0 Å². The van der Waals surface area contributed by atoms with E-state index in [0.717, 1.165) is 12.8 Å². The summed E-state index contributed by atoms with van der Waals surface area (Å²) in [6, 6.07) is 0.0928. The molecular weight excluding hydrogens is 232 g/mol. The van der Waals surface area contributed by atoms with Crippen molar-refractivity contribution in [1.82, 2.24) is 4.90 Å². The predicted molar refractivity (Wildman–Crippen MR) is 68.0 cm³/mol. The van der Waals surface area contributed by atoms with E-state index in [0.29, 0.717) is 26.1 Å². The van der Waals surface area contributed by atoms with Gasteiger partial charge < -0.3 is 20.5 Å². The summed E-state index contributed by atoms with van der Waals surface area (Å²) in [5, 5.41) is 9.13.